The highest BCUT2D eigenvalue weighted by Gasteiger charge is 2.32. The van der Waals surface area contributed by atoms with Gasteiger partial charge in [0.05, 0.1) is 19.2 Å². The minimum Gasteiger partial charge on any atom is -0.493 e. The van der Waals surface area contributed by atoms with Gasteiger partial charge in [-0.3, -0.25) is 19.8 Å². The van der Waals surface area contributed by atoms with E-state index in [2.05, 4.69) is 11.4 Å². The lowest BCUT2D eigenvalue weighted by atomic mass is 10.1. The van der Waals surface area contributed by atoms with Gasteiger partial charge >= 0.3 is 0 Å². The highest BCUT2D eigenvalue weighted by atomic mass is 16.5. The van der Waals surface area contributed by atoms with E-state index in [0.29, 0.717) is 19.4 Å². The Kier molecular flexibility index (Phi) is 3.92. The van der Waals surface area contributed by atoms with Crippen LogP contribution in [0.5, 0.6) is 5.75 Å². The van der Waals surface area contributed by atoms with E-state index in [-0.39, 0.29) is 24.4 Å². The van der Waals surface area contributed by atoms with E-state index in [0.717, 1.165) is 24.3 Å². The van der Waals surface area contributed by atoms with Crippen LogP contribution in [-0.4, -0.2) is 42.5 Å². The van der Waals surface area contributed by atoms with Crippen molar-refractivity contribution in [2.24, 2.45) is 0 Å². The zero-order chi connectivity index (χ0) is 14.8. The van der Waals surface area contributed by atoms with Crippen LogP contribution >= 0.6 is 0 Å². The lowest BCUT2D eigenvalue weighted by Gasteiger charge is -2.31. The van der Waals surface area contributed by atoms with Crippen molar-refractivity contribution in [1.29, 1.82) is 0 Å². The van der Waals surface area contributed by atoms with Gasteiger partial charge in [-0.1, -0.05) is 19.1 Å². The average Bonchev–Trinajstić information content (AvgIpc) is 2.95. The van der Waals surface area contributed by atoms with E-state index in [1.165, 1.54) is 10.5 Å². The molecule has 1 N–H and O–H groups in total. The molecule has 2 aliphatic rings. The number of hydrogen-bond acceptors (Lipinski definition) is 4. The molecule has 0 saturated carbocycles. The van der Waals surface area contributed by atoms with Crippen molar-refractivity contribution in [1.82, 2.24) is 10.2 Å². The van der Waals surface area contributed by atoms with Gasteiger partial charge in [0.15, 0.2) is 0 Å². The molecule has 1 fully saturated rings. The summed E-state index contributed by atoms with van der Waals surface area (Å²) in [6.07, 6.45) is 2.34. The minimum atomic E-state index is -0.226. The predicted molar refractivity (Wildman–Crippen MR) is 78.1 cm³/mol. The van der Waals surface area contributed by atoms with Crippen molar-refractivity contribution >= 4 is 11.8 Å². The second kappa shape index (κ2) is 5.85. The zero-order valence-corrected chi connectivity index (χ0v) is 12.2. The van der Waals surface area contributed by atoms with Gasteiger partial charge in [0, 0.05) is 13.0 Å². The highest BCUT2D eigenvalue weighted by molar-refractivity contribution is 6.01. The topological polar surface area (TPSA) is 58.6 Å². The molecule has 112 valence electrons. The summed E-state index contributed by atoms with van der Waals surface area (Å²) in [5.74, 6) is 0.728. The van der Waals surface area contributed by atoms with Crippen molar-refractivity contribution in [3.63, 3.8) is 0 Å². The van der Waals surface area contributed by atoms with Gasteiger partial charge in [-0.25, -0.2) is 0 Å². The normalized spacial score (nSPS) is 21.4. The maximum atomic E-state index is 12.2. The van der Waals surface area contributed by atoms with Crippen LogP contribution < -0.4 is 10.1 Å². The number of amides is 2. The molecule has 1 saturated heterocycles. The molecule has 1 atom stereocenters. The molecule has 1 aromatic carbocycles. The molecule has 0 aromatic heterocycles. The smallest absolute Gasteiger partial charge is 0.246 e. The van der Waals surface area contributed by atoms with E-state index >= 15 is 0 Å². The Bertz CT molecular complexity index is 571. The van der Waals surface area contributed by atoms with Crippen molar-refractivity contribution in [3.8, 4) is 5.75 Å². The first-order valence-electron chi connectivity index (χ1n) is 7.51. The first-order chi connectivity index (χ1) is 10.2. The maximum absolute atomic E-state index is 12.2. The van der Waals surface area contributed by atoms with Crippen molar-refractivity contribution in [2.45, 2.75) is 32.2 Å². The molecule has 1 aromatic rings. The summed E-state index contributed by atoms with van der Waals surface area (Å²) in [6, 6.07) is 5.89. The maximum Gasteiger partial charge on any atom is 0.246 e. The number of benzene rings is 1. The van der Waals surface area contributed by atoms with E-state index in [1.54, 1.807) is 0 Å². The van der Waals surface area contributed by atoms with Crippen LogP contribution in [0, 0.1) is 0 Å². The molecule has 0 bridgehead atoms. The number of nitrogens with zero attached hydrogens (tertiary/aromatic N) is 1. The quantitative estimate of drug-likeness (QED) is 0.836. The summed E-state index contributed by atoms with van der Waals surface area (Å²) in [6.45, 7) is 3.40. The van der Waals surface area contributed by atoms with Crippen LogP contribution in [0.4, 0.5) is 0 Å². The van der Waals surface area contributed by atoms with Crippen LogP contribution in [-0.2, 0) is 22.4 Å². The number of fused-ring (bicyclic) bond motifs is 1. The molecule has 2 amide bonds. The highest BCUT2D eigenvalue weighted by Crippen LogP contribution is 2.26. The molecule has 2 aliphatic heterocycles. The summed E-state index contributed by atoms with van der Waals surface area (Å²) in [5.41, 5.74) is 2.36. The second-order valence-electron chi connectivity index (χ2n) is 5.52. The number of nitrogens with one attached hydrogen (secondary N) is 1. The van der Waals surface area contributed by atoms with Gasteiger partial charge in [0.1, 0.15) is 5.75 Å². The SMILES string of the molecule is CCC1NCC(=O)N(CCc2ccc3c(c2)CCO3)C1=O. The average molecular weight is 288 g/mol. The van der Waals surface area contributed by atoms with Crippen molar-refractivity contribution < 1.29 is 14.3 Å². The van der Waals surface area contributed by atoms with Crippen molar-refractivity contribution in [2.75, 3.05) is 19.7 Å². The Morgan fingerprint density at radius 1 is 1.38 bits per heavy atom. The van der Waals surface area contributed by atoms with E-state index < -0.39 is 0 Å². The summed E-state index contributed by atoms with van der Waals surface area (Å²) >= 11 is 0. The summed E-state index contributed by atoms with van der Waals surface area (Å²) in [4.78, 5) is 25.5. The number of hydrogen-bond donors (Lipinski definition) is 1. The van der Waals surface area contributed by atoms with Gasteiger partial charge in [-0.05, 0) is 30.0 Å². The molecule has 5 nitrogen and oxygen atoms in total. The van der Waals surface area contributed by atoms with E-state index in [4.69, 9.17) is 4.74 Å². The number of piperazine rings is 1. The molecule has 0 radical (unpaired) electrons. The zero-order valence-electron chi connectivity index (χ0n) is 12.2. The van der Waals surface area contributed by atoms with E-state index in [9.17, 15) is 9.59 Å². The Morgan fingerprint density at radius 3 is 3.05 bits per heavy atom. The predicted octanol–water partition coefficient (Wildman–Crippen LogP) is 0.901. The lowest BCUT2D eigenvalue weighted by molar-refractivity contribution is -0.149. The van der Waals surface area contributed by atoms with E-state index in [1.807, 2.05) is 19.1 Å². The Hall–Kier alpha value is -1.88. The molecule has 21 heavy (non-hydrogen) atoms. The van der Waals surface area contributed by atoms with Crippen LogP contribution in [0.1, 0.15) is 24.5 Å². The van der Waals surface area contributed by atoms with Crippen molar-refractivity contribution in [3.05, 3.63) is 29.3 Å². The number of rotatable bonds is 4. The number of imide groups is 1. The fourth-order valence-corrected chi connectivity index (χ4v) is 2.89. The fourth-order valence-electron chi connectivity index (χ4n) is 2.89. The van der Waals surface area contributed by atoms with Crippen LogP contribution in [0.3, 0.4) is 0 Å². The number of carbonyl (C=O) groups excluding carboxylic acids is 2. The second-order valence-corrected chi connectivity index (χ2v) is 5.52. The van der Waals surface area contributed by atoms with Crippen LogP contribution in [0.15, 0.2) is 18.2 Å². The standard InChI is InChI=1S/C16H20N2O3/c1-2-13-16(20)18(15(19)10-17-13)7-5-11-3-4-14-12(9-11)6-8-21-14/h3-4,9,13,17H,2,5-8,10H2,1H3. The van der Waals surface area contributed by atoms with Gasteiger partial charge in [0.25, 0.3) is 0 Å². The third-order valence-corrected chi connectivity index (χ3v) is 4.15. The molecular formula is C16H20N2O3. The summed E-state index contributed by atoms with van der Waals surface area (Å²) < 4.78 is 5.48. The van der Waals surface area contributed by atoms with Crippen LogP contribution in [0.25, 0.3) is 0 Å². The minimum absolute atomic E-state index is 0.0988. The fraction of sp³-hybridized carbons (Fsp3) is 0.500. The molecule has 3 rings (SSSR count). The molecule has 0 aliphatic carbocycles. The largest absolute Gasteiger partial charge is 0.493 e. The van der Waals surface area contributed by atoms with Gasteiger partial charge in [0.2, 0.25) is 11.8 Å². The monoisotopic (exact) mass is 288 g/mol. The summed E-state index contributed by atoms with van der Waals surface area (Å²) in [5, 5.41) is 2.97. The third kappa shape index (κ3) is 2.78. The molecule has 0 spiro atoms. The lowest BCUT2D eigenvalue weighted by Crippen LogP contribution is -2.58. The molecule has 1 unspecified atom stereocenters. The van der Waals surface area contributed by atoms with Gasteiger partial charge in [-0.15, -0.1) is 0 Å². The Labute approximate surface area is 124 Å². The number of ether oxygens (including phenoxy) is 1. The number of carbonyl (C=O) groups is 2. The first-order valence-corrected chi connectivity index (χ1v) is 7.51. The third-order valence-electron chi connectivity index (χ3n) is 4.15. The first kappa shape index (κ1) is 14.1. The summed E-state index contributed by atoms with van der Waals surface area (Å²) in [7, 11) is 0. The van der Waals surface area contributed by atoms with Gasteiger partial charge < -0.3 is 4.74 Å². The molecular weight excluding hydrogens is 268 g/mol. The molecule has 5 heteroatoms. The molecule has 2 heterocycles. The Balaban J connectivity index is 1.66. The van der Waals surface area contributed by atoms with Crippen LogP contribution in [0.2, 0.25) is 0 Å². The Morgan fingerprint density at radius 2 is 2.24 bits per heavy atom. The van der Waals surface area contributed by atoms with Gasteiger partial charge in [-0.2, -0.15) is 0 Å².